The Morgan fingerprint density at radius 3 is 2.53 bits per heavy atom. The third-order valence-electron chi connectivity index (χ3n) is 2.36. The lowest BCUT2D eigenvalue weighted by atomic mass is 10.1. The molecule has 0 heterocycles. The third-order valence-corrected chi connectivity index (χ3v) is 2.36. The topological polar surface area (TPSA) is 47.3 Å². The minimum Gasteiger partial charge on any atom is -0.380 e. The van der Waals surface area contributed by atoms with E-state index in [-0.39, 0.29) is 6.04 Å². The van der Waals surface area contributed by atoms with Gasteiger partial charge in [0.1, 0.15) is 0 Å². The van der Waals surface area contributed by atoms with Crippen LogP contribution in [0.25, 0.3) is 0 Å². The van der Waals surface area contributed by atoms with Gasteiger partial charge in [-0.25, -0.2) is 0 Å². The van der Waals surface area contributed by atoms with Gasteiger partial charge in [0.25, 0.3) is 0 Å². The van der Waals surface area contributed by atoms with E-state index in [0.29, 0.717) is 6.61 Å². The molecule has 3 heteroatoms. The number of rotatable bonds is 6. The van der Waals surface area contributed by atoms with E-state index < -0.39 is 0 Å². The largest absolute Gasteiger partial charge is 0.380 e. The summed E-state index contributed by atoms with van der Waals surface area (Å²) in [6.07, 6.45) is 0.900. The molecule has 0 fully saturated rings. The van der Waals surface area contributed by atoms with Crippen molar-refractivity contribution in [1.82, 2.24) is 5.43 Å². The number of hydrogen-bond donors (Lipinski definition) is 2. The van der Waals surface area contributed by atoms with E-state index in [1.54, 1.807) is 0 Å². The average Bonchev–Trinajstić information content (AvgIpc) is 2.27. The summed E-state index contributed by atoms with van der Waals surface area (Å²) in [6, 6.07) is 8.68. The number of nitrogens with two attached hydrogens (primary N) is 1. The van der Waals surface area contributed by atoms with Crippen molar-refractivity contribution in [3.8, 4) is 0 Å². The van der Waals surface area contributed by atoms with E-state index >= 15 is 0 Å². The fraction of sp³-hybridized carbons (Fsp3) is 0.500. The molecule has 1 unspecified atom stereocenters. The van der Waals surface area contributed by atoms with Crippen LogP contribution in [0, 0.1) is 6.92 Å². The molecule has 0 spiro atoms. The van der Waals surface area contributed by atoms with Gasteiger partial charge in [-0.05, 0) is 25.8 Å². The number of benzene rings is 1. The Morgan fingerprint density at radius 2 is 2.00 bits per heavy atom. The van der Waals surface area contributed by atoms with Crippen molar-refractivity contribution in [3.05, 3.63) is 35.4 Å². The van der Waals surface area contributed by atoms with Crippen LogP contribution >= 0.6 is 0 Å². The number of nitrogens with one attached hydrogen (secondary N) is 1. The van der Waals surface area contributed by atoms with Crippen molar-refractivity contribution < 1.29 is 4.74 Å². The fourth-order valence-electron chi connectivity index (χ4n) is 1.43. The molecule has 3 nitrogen and oxygen atoms in total. The van der Waals surface area contributed by atoms with Crippen LogP contribution in [-0.4, -0.2) is 19.3 Å². The predicted octanol–water partition coefficient (Wildman–Crippen LogP) is 1.41. The Hall–Kier alpha value is -0.900. The van der Waals surface area contributed by atoms with Gasteiger partial charge in [-0.15, -0.1) is 0 Å². The van der Waals surface area contributed by atoms with E-state index in [0.717, 1.165) is 13.0 Å². The van der Waals surface area contributed by atoms with E-state index in [9.17, 15) is 0 Å². The Kier molecular flexibility index (Phi) is 5.32. The number of aryl methyl sites for hydroxylation is 1. The second-order valence-electron chi connectivity index (χ2n) is 3.71. The summed E-state index contributed by atoms with van der Waals surface area (Å²) in [4.78, 5) is 0. The van der Waals surface area contributed by atoms with Crippen molar-refractivity contribution in [1.29, 1.82) is 0 Å². The highest BCUT2D eigenvalue weighted by molar-refractivity contribution is 5.22. The summed E-state index contributed by atoms with van der Waals surface area (Å²) in [5, 5.41) is 0. The van der Waals surface area contributed by atoms with Gasteiger partial charge in [0, 0.05) is 12.6 Å². The van der Waals surface area contributed by atoms with Crippen LogP contribution in [0.4, 0.5) is 0 Å². The highest BCUT2D eigenvalue weighted by Crippen LogP contribution is 2.06. The zero-order valence-corrected chi connectivity index (χ0v) is 9.49. The number of hydrogen-bond acceptors (Lipinski definition) is 3. The minimum atomic E-state index is 0.188. The van der Waals surface area contributed by atoms with Gasteiger partial charge in [0.15, 0.2) is 0 Å². The van der Waals surface area contributed by atoms with Gasteiger partial charge in [-0.3, -0.25) is 11.3 Å². The predicted molar refractivity (Wildman–Crippen MR) is 62.5 cm³/mol. The molecule has 15 heavy (non-hydrogen) atoms. The van der Waals surface area contributed by atoms with Gasteiger partial charge < -0.3 is 4.74 Å². The summed E-state index contributed by atoms with van der Waals surface area (Å²) in [7, 11) is 0. The summed E-state index contributed by atoms with van der Waals surface area (Å²) in [5.74, 6) is 5.46. The molecule has 1 aromatic rings. The monoisotopic (exact) mass is 208 g/mol. The molecule has 1 atom stereocenters. The van der Waals surface area contributed by atoms with Crippen molar-refractivity contribution in [2.45, 2.75) is 26.3 Å². The van der Waals surface area contributed by atoms with Crippen molar-refractivity contribution in [3.63, 3.8) is 0 Å². The second-order valence-corrected chi connectivity index (χ2v) is 3.71. The quantitative estimate of drug-likeness (QED) is 0.549. The van der Waals surface area contributed by atoms with E-state index in [2.05, 4.69) is 36.6 Å². The maximum Gasteiger partial charge on any atom is 0.0636 e. The van der Waals surface area contributed by atoms with Crippen LogP contribution in [0.5, 0.6) is 0 Å². The molecule has 0 aliphatic heterocycles. The standard InChI is InChI=1S/C12H20N2O/c1-3-15-9-12(14-13)8-11-6-4-10(2)5-7-11/h4-7,12,14H,3,8-9,13H2,1-2H3. The molecule has 0 saturated heterocycles. The van der Waals surface area contributed by atoms with E-state index in [1.165, 1.54) is 11.1 Å². The molecule has 84 valence electrons. The normalized spacial score (nSPS) is 12.7. The van der Waals surface area contributed by atoms with Gasteiger partial charge in [-0.1, -0.05) is 29.8 Å². The first-order chi connectivity index (χ1) is 7.26. The van der Waals surface area contributed by atoms with Gasteiger partial charge in [-0.2, -0.15) is 0 Å². The molecule has 1 aromatic carbocycles. The van der Waals surface area contributed by atoms with Crippen molar-refractivity contribution in [2.24, 2.45) is 5.84 Å². The summed E-state index contributed by atoms with van der Waals surface area (Å²) < 4.78 is 5.34. The Balaban J connectivity index is 2.47. The molecule has 0 aliphatic rings. The van der Waals surface area contributed by atoms with Crippen LogP contribution in [0.15, 0.2) is 24.3 Å². The Labute approximate surface area is 91.6 Å². The molecule has 0 amide bonds. The third kappa shape index (κ3) is 4.42. The molecule has 0 bridgehead atoms. The second kappa shape index (κ2) is 6.56. The number of ether oxygens (including phenoxy) is 1. The first-order valence-electron chi connectivity index (χ1n) is 5.35. The molecular formula is C12H20N2O. The summed E-state index contributed by atoms with van der Waals surface area (Å²) in [5.41, 5.74) is 5.33. The smallest absolute Gasteiger partial charge is 0.0636 e. The van der Waals surface area contributed by atoms with E-state index in [4.69, 9.17) is 10.6 Å². The number of hydrazine groups is 1. The lowest BCUT2D eigenvalue weighted by Gasteiger charge is -2.15. The lowest BCUT2D eigenvalue weighted by molar-refractivity contribution is 0.123. The van der Waals surface area contributed by atoms with Crippen molar-refractivity contribution in [2.75, 3.05) is 13.2 Å². The highest BCUT2D eigenvalue weighted by Gasteiger charge is 2.06. The van der Waals surface area contributed by atoms with Crippen LogP contribution in [0.1, 0.15) is 18.1 Å². The maximum atomic E-state index is 5.46. The highest BCUT2D eigenvalue weighted by atomic mass is 16.5. The van der Waals surface area contributed by atoms with Crippen LogP contribution in [-0.2, 0) is 11.2 Å². The average molecular weight is 208 g/mol. The SMILES string of the molecule is CCOCC(Cc1ccc(C)cc1)NN. The van der Waals surface area contributed by atoms with Crippen molar-refractivity contribution >= 4 is 0 Å². The van der Waals surface area contributed by atoms with Gasteiger partial charge in [0.2, 0.25) is 0 Å². The lowest BCUT2D eigenvalue weighted by Crippen LogP contribution is -2.40. The zero-order valence-electron chi connectivity index (χ0n) is 9.49. The minimum absolute atomic E-state index is 0.188. The Bertz CT molecular complexity index is 271. The first-order valence-corrected chi connectivity index (χ1v) is 5.35. The van der Waals surface area contributed by atoms with Gasteiger partial charge in [0.05, 0.1) is 6.61 Å². The summed E-state index contributed by atoms with van der Waals surface area (Å²) in [6.45, 7) is 5.45. The van der Waals surface area contributed by atoms with E-state index in [1.807, 2.05) is 6.92 Å². The Morgan fingerprint density at radius 1 is 1.33 bits per heavy atom. The van der Waals surface area contributed by atoms with Crippen LogP contribution in [0.3, 0.4) is 0 Å². The van der Waals surface area contributed by atoms with Crippen LogP contribution < -0.4 is 11.3 Å². The molecule has 3 N–H and O–H groups in total. The molecule has 0 aliphatic carbocycles. The zero-order chi connectivity index (χ0) is 11.1. The molecule has 0 radical (unpaired) electrons. The summed E-state index contributed by atoms with van der Waals surface area (Å²) >= 11 is 0. The van der Waals surface area contributed by atoms with Crippen LogP contribution in [0.2, 0.25) is 0 Å². The molecule has 1 rings (SSSR count). The van der Waals surface area contributed by atoms with Gasteiger partial charge >= 0.3 is 0 Å². The maximum absolute atomic E-state index is 5.46. The molecule has 0 saturated carbocycles. The first kappa shape index (κ1) is 12.2. The molecular weight excluding hydrogens is 188 g/mol. The fourth-order valence-corrected chi connectivity index (χ4v) is 1.43. The molecule has 0 aromatic heterocycles.